The van der Waals surface area contributed by atoms with Gasteiger partial charge in [-0.1, -0.05) is 74.5 Å². The summed E-state index contributed by atoms with van der Waals surface area (Å²) in [6.45, 7) is 3.96. The van der Waals surface area contributed by atoms with Crippen LogP contribution in [0.15, 0.2) is 77.8 Å². The van der Waals surface area contributed by atoms with Crippen LogP contribution in [0.2, 0.25) is 0 Å². The standard InChI is InChI=1S/C30H39N7O3/c1-19(2)26(31)29(40)37-25(17-20-9-4-3-5-10-20)28(39)36-24(13-8-16-34-30(32)33)27(38)35-23-15-14-21-11-6-7-12-22(21)18-23/h3-7,9-12,14-15,18-19,24-26H,8,13,16-17,31H2,1-2H3,(H,35,38)(H,36,39)(H,37,40)(H4,32,33,34)/t24-,25-,26-/m0/s1. The SMILES string of the molecule is CC(C)[C@H](N)C(=O)N[C@@H](Cc1ccccc1)C(=O)N[C@@H](CCCN=C(N)N)C(=O)Nc1ccc2ccccc2c1. The van der Waals surface area contributed by atoms with Crippen LogP contribution in [-0.4, -0.2) is 48.4 Å². The molecule has 0 aromatic heterocycles. The van der Waals surface area contributed by atoms with Crippen molar-refractivity contribution >= 4 is 40.1 Å². The van der Waals surface area contributed by atoms with Crippen LogP contribution in [0.3, 0.4) is 0 Å². The van der Waals surface area contributed by atoms with E-state index in [0.29, 0.717) is 18.7 Å². The van der Waals surface area contributed by atoms with E-state index in [1.54, 1.807) is 0 Å². The molecule has 3 aromatic rings. The Kier molecular flexibility index (Phi) is 11.0. The van der Waals surface area contributed by atoms with Gasteiger partial charge in [-0.3, -0.25) is 19.4 Å². The molecule has 3 atom stereocenters. The zero-order valence-electron chi connectivity index (χ0n) is 23.0. The zero-order valence-corrected chi connectivity index (χ0v) is 23.0. The Labute approximate surface area is 234 Å². The molecule has 0 aliphatic carbocycles. The highest BCUT2D eigenvalue weighted by molar-refractivity contribution is 6.00. The monoisotopic (exact) mass is 545 g/mol. The summed E-state index contributed by atoms with van der Waals surface area (Å²) in [6, 6.07) is 20.1. The first kappa shape index (κ1) is 30.1. The summed E-state index contributed by atoms with van der Waals surface area (Å²) in [7, 11) is 0. The van der Waals surface area contributed by atoms with Crippen LogP contribution in [0, 0.1) is 5.92 Å². The van der Waals surface area contributed by atoms with Crippen LogP contribution in [0.1, 0.15) is 32.3 Å². The lowest BCUT2D eigenvalue weighted by Crippen LogP contribution is -2.56. The topological polar surface area (TPSA) is 178 Å². The number of nitrogens with one attached hydrogen (secondary N) is 3. The highest BCUT2D eigenvalue weighted by Gasteiger charge is 2.29. The van der Waals surface area contributed by atoms with E-state index >= 15 is 0 Å². The molecule has 0 spiro atoms. The fourth-order valence-corrected chi connectivity index (χ4v) is 4.17. The number of benzene rings is 3. The first-order chi connectivity index (χ1) is 19.1. The second-order valence-electron chi connectivity index (χ2n) is 10.1. The van der Waals surface area contributed by atoms with Gasteiger partial charge < -0.3 is 33.2 Å². The van der Waals surface area contributed by atoms with Gasteiger partial charge in [0.25, 0.3) is 0 Å². The Morgan fingerprint density at radius 3 is 2.12 bits per heavy atom. The molecule has 10 heteroatoms. The van der Waals surface area contributed by atoms with E-state index in [2.05, 4.69) is 20.9 Å². The molecule has 0 aliphatic heterocycles. The predicted octanol–water partition coefficient (Wildman–Crippen LogP) is 2.03. The maximum absolute atomic E-state index is 13.5. The van der Waals surface area contributed by atoms with Crippen LogP contribution >= 0.6 is 0 Å². The molecule has 0 fully saturated rings. The molecule has 0 bridgehead atoms. The van der Waals surface area contributed by atoms with Gasteiger partial charge in [0.15, 0.2) is 5.96 Å². The maximum Gasteiger partial charge on any atom is 0.246 e. The molecule has 3 amide bonds. The number of hydrogen-bond acceptors (Lipinski definition) is 5. The van der Waals surface area contributed by atoms with Crippen molar-refractivity contribution in [3.63, 3.8) is 0 Å². The summed E-state index contributed by atoms with van der Waals surface area (Å²) in [6.07, 6.45) is 0.956. The molecule has 0 aliphatic rings. The fraction of sp³-hybridized carbons (Fsp3) is 0.333. The molecule has 0 heterocycles. The number of guanidine groups is 1. The van der Waals surface area contributed by atoms with Crippen molar-refractivity contribution in [1.29, 1.82) is 0 Å². The largest absolute Gasteiger partial charge is 0.370 e. The maximum atomic E-state index is 13.5. The minimum atomic E-state index is -0.937. The quantitative estimate of drug-likeness (QED) is 0.109. The van der Waals surface area contributed by atoms with E-state index in [-0.39, 0.29) is 24.7 Å². The average molecular weight is 546 g/mol. The molecule has 0 saturated carbocycles. The van der Waals surface area contributed by atoms with E-state index in [1.807, 2.05) is 86.6 Å². The lowest BCUT2D eigenvalue weighted by Gasteiger charge is -2.25. The number of nitrogens with two attached hydrogens (primary N) is 3. The second kappa shape index (κ2) is 14.6. The Balaban J connectivity index is 1.80. The number of rotatable bonds is 13. The highest BCUT2D eigenvalue weighted by Crippen LogP contribution is 2.19. The molecular weight excluding hydrogens is 506 g/mol. The third kappa shape index (κ3) is 9.09. The lowest BCUT2D eigenvalue weighted by molar-refractivity contribution is -0.131. The summed E-state index contributed by atoms with van der Waals surface area (Å²) in [5, 5.41) is 10.5. The van der Waals surface area contributed by atoms with Crippen molar-refractivity contribution in [2.75, 3.05) is 11.9 Å². The van der Waals surface area contributed by atoms with Crippen molar-refractivity contribution in [1.82, 2.24) is 10.6 Å². The lowest BCUT2D eigenvalue weighted by atomic mass is 10.0. The zero-order chi connectivity index (χ0) is 29.1. The molecule has 212 valence electrons. The van der Waals surface area contributed by atoms with Crippen molar-refractivity contribution in [3.8, 4) is 0 Å². The first-order valence-corrected chi connectivity index (χ1v) is 13.4. The van der Waals surface area contributed by atoms with Gasteiger partial charge in [0, 0.05) is 18.7 Å². The van der Waals surface area contributed by atoms with Crippen LogP contribution in [-0.2, 0) is 20.8 Å². The van der Waals surface area contributed by atoms with Gasteiger partial charge in [-0.25, -0.2) is 0 Å². The first-order valence-electron chi connectivity index (χ1n) is 13.4. The third-order valence-electron chi connectivity index (χ3n) is 6.53. The van der Waals surface area contributed by atoms with E-state index in [4.69, 9.17) is 17.2 Å². The summed E-state index contributed by atoms with van der Waals surface area (Å²) in [5.74, 6) is -1.48. The molecule has 10 nitrogen and oxygen atoms in total. The van der Waals surface area contributed by atoms with Gasteiger partial charge in [0.1, 0.15) is 12.1 Å². The number of nitrogens with zero attached hydrogens (tertiary/aromatic N) is 1. The molecule has 3 rings (SSSR count). The van der Waals surface area contributed by atoms with Crippen molar-refractivity contribution in [2.45, 2.75) is 51.2 Å². The molecular formula is C30H39N7O3. The minimum Gasteiger partial charge on any atom is -0.370 e. The number of fused-ring (bicyclic) bond motifs is 1. The summed E-state index contributed by atoms with van der Waals surface area (Å²) in [4.78, 5) is 43.7. The number of aliphatic imine (C=N–C) groups is 1. The molecule has 3 aromatic carbocycles. The molecule has 40 heavy (non-hydrogen) atoms. The van der Waals surface area contributed by atoms with Crippen molar-refractivity contribution in [3.05, 3.63) is 78.4 Å². The van der Waals surface area contributed by atoms with Crippen LogP contribution in [0.5, 0.6) is 0 Å². The molecule has 0 saturated heterocycles. The molecule has 0 radical (unpaired) electrons. The van der Waals surface area contributed by atoms with Crippen LogP contribution in [0.25, 0.3) is 10.8 Å². The Morgan fingerprint density at radius 1 is 0.800 bits per heavy atom. The van der Waals surface area contributed by atoms with Gasteiger partial charge >= 0.3 is 0 Å². The highest BCUT2D eigenvalue weighted by atomic mass is 16.2. The number of amides is 3. The average Bonchev–Trinajstić information content (AvgIpc) is 2.93. The molecule has 9 N–H and O–H groups in total. The van der Waals surface area contributed by atoms with Crippen LogP contribution < -0.4 is 33.2 Å². The Morgan fingerprint density at radius 2 is 1.45 bits per heavy atom. The van der Waals surface area contributed by atoms with Crippen LogP contribution in [0.4, 0.5) is 5.69 Å². The van der Waals surface area contributed by atoms with E-state index < -0.39 is 35.8 Å². The number of anilines is 1. The second-order valence-corrected chi connectivity index (χ2v) is 10.1. The van der Waals surface area contributed by atoms with E-state index in [0.717, 1.165) is 16.3 Å². The van der Waals surface area contributed by atoms with Gasteiger partial charge in [-0.15, -0.1) is 0 Å². The minimum absolute atomic E-state index is 0.0478. The predicted molar refractivity (Wildman–Crippen MR) is 159 cm³/mol. The normalized spacial score (nSPS) is 13.2. The number of carbonyl (C=O) groups is 3. The summed E-state index contributed by atoms with van der Waals surface area (Å²) in [5.41, 5.74) is 18.4. The van der Waals surface area contributed by atoms with E-state index in [9.17, 15) is 14.4 Å². The smallest absolute Gasteiger partial charge is 0.246 e. The number of hydrogen-bond donors (Lipinski definition) is 6. The van der Waals surface area contributed by atoms with Gasteiger partial charge in [-0.2, -0.15) is 0 Å². The molecule has 0 unspecified atom stereocenters. The van der Waals surface area contributed by atoms with Crippen molar-refractivity contribution in [2.24, 2.45) is 28.1 Å². The Bertz CT molecular complexity index is 1320. The third-order valence-corrected chi connectivity index (χ3v) is 6.53. The van der Waals surface area contributed by atoms with E-state index in [1.165, 1.54) is 0 Å². The van der Waals surface area contributed by atoms with Crippen molar-refractivity contribution < 1.29 is 14.4 Å². The van der Waals surface area contributed by atoms with Gasteiger partial charge in [-0.05, 0) is 47.2 Å². The fourth-order valence-electron chi connectivity index (χ4n) is 4.17. The Hall–Kier alpha value is -4.44. The summed E-state index contributed by atoms with van der Waals surface area (Å²) >= 11 is 0. The summed E-state index contributed by atoms with van der Waals surface area (Å²) < 4.78 is 0. The number of carbonyl (C=O) groups excluding carboxylic acids is 3. The van der Waals surface area contributed by atoms with Gasteiger partial charge in [0.05, 0.1) is 6.04 Å². The van der Waals surface area contributed by atoms with Gasteiger partial charge in [0.2, 0.25) is 17.7 Å².